The van der Waals surface area contributed by atoms with Crippen molar-refractivity contribution in [1.82, 2.24) is 0 Å². The Labute approximate surface area is 78.2 Å². The van der Waals surface area contributed by atoms with Crippen molar-refractivity contribution in [2.45, 2.75) is 18.8 Å². The topological polar surface area (TPSA) is 37.3 Å². The van der Waals surface area contributed by atoms with E-state index < -0.39 is 5.97 Å². The first-order valence-electron chi connectivity index (χ1n) is 4.30. The summed E-state index contributed by atoms with van der Waals surface area (Å²) < 4.78 is 0. The second-order valence-electron chi connectivity index (χ2n) is 3.04. The normalized spacial score (nSPS) is 12.4. The van der Waals surface area contributed by atoms with Gasteiger partial charge in [0.1, 0.15) is 0 Å². The van der Waals surface area contributed by atoms with Crippen LogP contribution in [-0.4, -0.2) is 11.1 Å². The van der Waals surface area contributed by atoms with E-state index in [0.717, 1.165) is 5.56 Å². The van der Waals surface area contributed by atoms with Crippen molar-refractivity contribution in [3.05, 3.63) is 42.8 Å². The molecule has 0 fully saturated rings. The van der Waals surface area contributed by atoms with E-state index in [2.05, 4.69) is 6.92 Å². The standard InChI is InChI=1S/C11H13O2/c1-9(7-8-11(12)13)10-5-3-2-4-6-10/h2-6,9H,1,7-8H2,(H,12,13). The highest BCUT2D eigenvalue weighted by atomic mass is 16.4. The van der Waals surface area contributed by atoms with Gasteiger partial charge < -0.3 is 5.11 Å². The van der Waals surface area contributed by atoms with Crippen molar-refractivity contribution < 1.29 is 9.90 Å². The Kier molecular flexibility index (Phi) is 3.50. The minimum atomic E-state index is -0.760. The predicted molar refractivity (Wildman–Crippen MR) is 51.4 cm³/mol. The molecule has 2 heteroatoms. The SMILES string of the molecule is [CH2]C(CCC(=O)O)c1ccccc1. The molecular formula is C11H13O2. The summed E-state index contributed by atoms with van der Waals surface area (Å²) in [5.41, 5.74) is 1.10. The van der Waals surface area contributed by atoms with Crippen LogP contribution in [0.5, 0.6) is 0 Å². The first-order valence-corrected chi connectivity index (χ1v) is 4.30. The van der Waals surface area contributed by atoms with Crippen LogP contribution in [0, 0.1) is 6.92 Å². The van der Waals surface area contributed by atoms with Crippen molar-refractivity contribution in [2.75, 3.05) is 0 Å². The number of aliphatic carboxylic acids is 1. The van der Waals surface area contributed by atoms with Crippen molar-refractivity contribution >= 4 is 5.97 Å². The molecule has 0 aromatic heterocycles. The molecule has 0 amide bonds. The second-order valence-corrected chi connectivity index (χ2v) is 3.04. The summed E-state index contributed by atoms with van der Waals surface area (Å²) in [4.78, 5) is 10.3. The molecule has 2 nitrogen and oxygen atoms in total. The third kappa shape index (κ3) is 3.28. The number of hydrogen-bond acceptors (Lipinski definition) is 1. The van der Waals surface area contributed by atoms with E-state index in [-0.39, 0.29) is 12.3 Å². The number of rotatable bonds is 4. The van der Waals surface area contributed by atoms with Gasteiger partial charge in [0.25, 0.3) is 0 Å². The monoisotopic (exact) mass is 177 g/mol. The lowest BCUT2D eigenvalue weighted by Crippen LogP contribution is -1.99. The third-order valence-corrected chi connectivity index (χ3v) is 1.98. The molecule has 13 heavy (non-hydrogen) atoms. The molecule has 1 radical (unpaired) electrons. The van der Waals surface area contributed by atoms with Crippen LogP contribution in [0.2, 0.25) is 0 Å². The van der Waals surface area contributed by atoms with Gasteiger partial charge in [-0.15, -0.1) is 0 Å². The molecule has 0 spiro atoms. The highest BCUT2D eigenvalue weighted by molar-refractivity contribution is 5.66. The number of hydrogen-bond donors (Lipinski definition) is 1. The molecule has 1 aromatic rings. The van der Waals surface area contributed by atoms with Gasteiger partial charge in [-0.2, -0.15) is 0 Å². The van der Waals surface area contributed by atoms with Crippen LogP contribution in [0.1, 0.15) is 24.3 Å². The van der Waals surface area contributed by atoms with Gasteiger partial charge in [0.2, 0.25) is 0 Å². The van der Waals surface area contributed by atoms with E-state index in [9.17, 15) is 4.79 Å². The van der Waals surface area contributed by atoms with Crippen LogP contribution in [-0.2, 0) is 4.79 Å². The third-order valence-electron chi connectivity index (χ3n) is 1.98. The van der Waals surface area contributed by atoms with E-state index >= 15 is 0 Å². The maximum Gasteiger partial charge on any atom is 0.303 e. The Morgan fingerprint density at radius 1 is 1.38 bits per heavy atom. The summed E-state index contributed by atoms with van der Waals surface area (Å²) in [6.07, 6.45) is 0.780. The largest absolute Gasteiger partial charge is 0.481 e. The average molecular weight is 177 g/mol. The first-order chi connectivity index (χ1) is 6.20. The summed E-state index contributed by atoms with van der Waals surface area (Å²) >= 11 is 0. The highest BCUT2D eigenvalue weighted by Gasteiger charge is 2.06. The predicted octanol–water partition coefficient (Wildman–Crippen LogP) is 2.47. The molecule has 0 saturated carbocycles. The summed E-state index contributed by atoms with van der Waals surface area (Å²) in [5, 5.41) is 8.48. The Morgan fingerprint density at radius 2 is 2.00 bits per heavy atom. The summed E-state index contributed by atoms with van der Waals surface area (Å²) in [6, 6.07) is 9.76. The fourth-order valence-electron chi connectivity index (χ4n) is 1.19. The Balaban J connectivity index is 2.49. The molecule has 1 atom stereocenters. The number of carbonyl (C=O) groups is 1. The van der Waals surface area contributed by atoms with Crippen molar-refractivity contribution in [3.8, 4) is 0 Å². The molecule has 0 aliphatic carbocycles. The number of carboxylic acids is 1. The molecule has 0 aliphatic heterocycles. The van der Waals surface area contributed by atoms with E-state index in [1.165, 1.54) is 0 Å². The molecule has 0 saturated heterocycles. The van der Waals surface area contributed by atoms with Gasteiger partial charge in [0, 0.05) is 6.42 Å². The zero-order valence-electron chi connectivity index (χ0n) is 7.44. The lowest BCUT2D eigenvalue weighted by atomic mass is 9.96. The van der Waals surface area contributed by atoms with Crippen LogP contribution in [0.25, 0.3) is 0 Å². The molecule has 1 rings (SSSR count). The minimum absolute atomic E-state index is 0.0808. The Hall–Kier alpha value is -1.31. The van der Waals surface area contributed by atoms with Crippen molar-refractivity contribution in [2.24, 2.45) is 0 Å². The van der Waals surface area contributed by atoms with Gasteiger partial charge in [-0.3, -0.25) is 4.79 Å². The quantitative estimate of drug-likeness (QED) is 0.767. The molecular weight excluding hydrogens is 164 g/mol. The molecule has 0 aliphatic rings. The summed E-state index contributed by atoms with van der Waals surface area (Å²) in [7, 11) is 0. The average Bonchev–Trinajstić information content (AvgIpc) is 2.15. The first kappa shape index (κ1) is 9.78. The van der Waals surface area contributed by atoms with Gasteiger partial charge in [0.15, 0.2) is 0 Å². The fraction of sp³-hybridized carbons (Fsp3) is 0.273. The Bertz CT molecular complexity index is 267. The van der Waals surface area contributed by atoms with Gasteiger partial charge >= 0.3 is 5.97 Å². The van der Waals surface area contributed by atoms with E-state index in [4.69, 9.17) is 5.11 Å². The van der Waals surface area contributed by atoms with Crippen LogP contribution in [0.3, 0.4) is 0 Å². The maximum atomic E-state index is 10.3. The second kappa shape index (κ2) is 4.65. The molecule has 1 N–H and O–H groups in total. The molecule has 69 valence electrons. The van der Waals surface area contributed by atoms with E-state index in [1.54, 1.807) is 0 Å². The Morgan fingerprint density at radius 3 is 2.54 bits per heavy atom. The summed E-state index contributed by atoms with van der Waals surface area (Å²) in [6.45, 7) is 3.92. The fourth-order valence-corrected chi connectivity index (χ4v) is 1.19. The maximum absolute atomic E-state index is 10.3. The van der Waals surface area contributed by atoms with Gasteiger partial charge in [-0.25, -0.2) is 0 Å². The lowest BCUT2D eigenvalue weighted by Gasteiger charge is -2.09. The van der Waals surface area contributed by atoms with Gasteiger partial charge in [-0.05, 0) is 24.8 Å². The zero-order chi connectivity index (χ0) is 9.68. The van der Waals surface area contributed by atoms with Crippen LogP contribution in [0.15, 0.2) is 30.3 Å². The number of carboxylic acid groups (broad SMARTS) is 1. The van der Waals surface area contributed by atoms with Crippen LogP contribution in [0.4, 0.5) is 0 Å². The molecule has 0 heterocycles. The van der Waals surface area contributed by atoms with Crippen LogP contribution >= 0.6 is 0 Å². The van der Waals surface area contributed by atoms with Crippen molar-refractivity contribution in [3.63, 3.8) is 0 Å². The number of benzene rings is 1. The zero-order valence-corrected chi connectivity index (χ0v) is 7.44. The summed E-state index contributed by atoms with van der Waals surface area (Å²) in [5.74, 6) is -0.679. The van der Waals surface area contributed by atoms with Gasteiger partial charge in [-0.1, -0.05) is 30.3 Å². The van der Waals surface area contributed by atoms with E-state index in [0.29, 0.717) is 6.42 Å². The molecule has 1 aromatic carbocycles. The lowest BCUT2D eigenvalue weighted by molar-refractivity contribution is -0.137. The highest BCUT2D eigenvalue weighted by Crippen LogP contribution is 2.19. The molecule has 1 unspecified atom stereocenters. The van der Waals surface area contributed by atoms with Crippen molar-refractivity contribution in [1.29, 1.82) is 0 Å². The smallest absolute Gasteiger partial charge is 0.303 e. The minimum Gasteiger partial charge on any atom is -0.481 e. The van der Waals surface area contributed by atoms with Gasteiger partial charge in [0.05, 0.1) is 0 Å². The van der Waals surface area contributed by atoms with E-state index in [1.807, 2.05) is 30.3 Å². The van der Waals surface area contributed by atoms with Crippen LogP contribution < -0.4 is 0 Å². The molecule has 0 bridgehead atoms.